The molecule has 4 heteroatoms. The lowest BCUT2D eigenvalue weighted by molar-refractivity contribution is -0.129. The number of carbonyl (C=O) groups excluding carboxylic acids is 2. The van der Waals surface area contributed by atoms with Gasteiger partial charge >= 0.3 is 0 Å². The van der Waals surface area contributed by atoms with Crippen LogP contribution in [0, 0.1) is 0 Å². The number of carbonyl (C=O) groups is 2. The minimum absolute atomic E-state index is 0.437. The van der Waals surface area contributed by atoms with Crippen molar-refractivity contribution in [1.82, 2.24) is 0 Å². The fourth-order valence-electron chi connectivity index (χ4n) is 0.777. The summed E-state index contributed by atoms with van der Waals surface area (Å²) in [5, 5.41) is 0. The van der Waals surface area contributed by atoms with Gasteiger partial charge in [0.2, 0.25) is 11.6 Å². The van der Waals surface area contributed by atoms with Crippen LogP contribution >= 0.6 is 0 Å². The summed E-state index contributed by atoms with van der Waals surface area (Å²) >= 11 is 0. The normalized spacial score (nSPS) is 18.1. The van der Waals surface area contributed by atoms with E-state index in [1.165, 1.54) is 6.08 Å². The van der Waals surface area contributed by atoms with E-state index in [1.54, 1.807) is 13.8 Å². The van der Waals surface area contributed by atoms with Crippen LogP contribution in [0.3, 0.4) is 0 Å². The van der Waals surface area contributed by atoms with Crippen molar-refractivity contribution in [2.24, 2.45) is 10.7 Å². The van der Waals surface area contributed by atoms with Crippen LogP contribution in [-0.4, -0.2) is 23.3 Å². The van der Waals surface area contributed by atoms with Crippen LogP contribution in [0.25, 0.3) is 0 Å². The van der Waals surface area contributed by atoms with Gasteiger partial charge in [-0.1, -0.05) is 0 Å². The molecule has 0 atom stereocenters. The first-order chi connectivity index (χ1) is 5.41. The maximum absolute atomic E-state index is 10.9. The molecule has 0 amide bonds. The Kier molecular flexibility index (Phi) is 1.94. The number of ketones is 2. The number of rotatable bonds is 1. The number of aliphatic imine (C=N–C) groups is 1. The third-order valence-electron chi connectivity index (χ3n) is 1.49. The highest BCUT2D eigenvalue weighted by Gasteiger charge is 2.23. The summed E-state index contributed by atoms with van der Waals surface area (Å²) in [7, 11) is 0. The second-order valence-electron chi connectivity index (χ2n) is 3.24. The van der Waals surface area contributed by atoms with Gasteiger partial charge in [0.15, 0.2) is 0 Å². The monoisotopic (exact) mass is 166 g/mol. The molecule has 4 nitrogen and oxygen atoms in total. The van der Waals surface area contributed by atoms with Crippen LogP contribution < -0.4 is 5.73 Å². The first-order valence-electron chi connectivity index (χ1n) is 3.54. The van der Waals surface area contributed by atoms with Crippen molar-refractivity contribution in [3.8, 4) is 0 Å². The van der Waals surface area contributed by atoms with E-state index in [-0.39, 0.29) is 0 Å². The summed E-state index contributed by atoms with van der Waals surface area (Å²) in [5.41, 5.74) is 5.44. The fraction of sp³-hybridized carbons (Fsp3) is 0.375. The molecule has 0 aromatic heterocycles. The molecule has 0 spiro atoms. The lowest BCUT2D eigenvalue weighted by Crippen LogP contribution is -2.36. The summed E-state index contributed by atoms with van der Waals surface area (Å²) in [5.74, 6) is -1.15. The smallest absolute Gasteiger partial charge is 0.243 e. The highest BCUT2D eigenvalue weighted by molar-refractivity contribution is 6.62. The predicted molar refractivity (Wildman–Crippen MR) is 44.9 cm³/mol. The van der Waals surface area contributed by atoms with Gasteiger partial charge in [-0.2, -0.15) is 0 Å². The van der Waals surface area contributed by atoms with Crippen molar-refractivity contribution in [3.05, 3.63) is 11.8 Å². The molecule has 0 saturated heterocycles. The van der Waals surface area contributed by atoms with Crippen molar-refractivity contribution < 1.29 is 9.59 Å². The molecule has 1 aliphatic rings. The molecule has 0 aromatic rings. The zero-order valence-corrected chi connectivity index (χ0v) is 7.00. The van der Waals surface area contributed by atoms with Gasteiger partial charge in [-0.05, 0) is 13.8 Å². The van der Waals surface area contributed by atoms with E-state index in [4.69, 9.17) is 5.73 Å². The van der Waals surface area contributed by atoms with E-state index in [9.17, 15) is 9.59 Å². The largest absolute Gasteiger partial charge is 0.321 e. The van der Waals surface area contributed by atoms with E-state index in [1.807, 2.05) is 0 Å². The first-order valence-corrected chi connectivity index (χ1v) is 3.54. The van der Waals surface area contributed by atoms with Crippen LogP contribution in [0.2, 0.25) is 0 Å². The van der Waals surface area contributed by atoms with Crippen molar-refractivity contribution in [2.75, 3.05) is 0 Å². The molecule has 2 N–H and O–H groups in total. The molecule has 1 aliphatic heterocycles. The molecule has 64 valence electrons. The molecular weight excluding hydrogens is 156 g/mol. The van der Waals surface area contributed by atoms with E-state index >= 15 is 0 Å². The Balaban J connectivity index is 2.99. The molecule has 12 heavy (non-hydrogen) atoms. The van der Waals surface area contributed by atoms with Crippen LogP contribution in [0.5, 0.6) is 0 Å². The quantitative estimate of drug-likeness (QED) is 0.549. The molecule has 1 heterocycles. The van der Waals surface area contributed by atoms with Crippen molar-refractivity contribution in [2.45, 2.75) is 19.4 Å². The van der Waals surface area contributed by atoms with E-state index in [0.29, 0.717) is 5.70 Å². The number of nitrogens with two attached hydrogens (primary N) is 1. The molecule has 0 saturated carbocycles. The van der Waals surface area contributed by atoms with Crippen LogP contribution in [0.4, 0.5) is 0 Å². The standard InChI is InChI=1S/C8H10N2O2/c1-8(2,9)7-3-5(11)6(12)4-10-7/h3-4H,9H2,1-2H3. The maximum Gasteiger partial charge on any atom is 0.243 e. The molecule has 0 radical (unpaired) electrons. The van der Waals surface area contributed by atoms with Gasteiger partial charge in [-0.3, -0.25) is 14.6 Å². The topological polar surface area (TPSA) is 72.5 Å². The van der Waals surface area contributed by atoms with E-state index in [0.717, 1.165) is 6.21 Å². The van der Waals surface area contributed by atoms with Gasteiger partial charge in [0, 0.05) is 6.08 Å². The lowest BCUT2D eigenvalue weighted by atomic mass is 9.99. The average Bonchev–Trinajstić information content (AvgIpc) is 1.92. The molecule has 1 rings (SSSR count). The molecule has 0 aromatic carbocycles. The number of hydrogen-bond donors (Lipinski definition) is 1. The Morgan fingerprint density at radius 1 is 1.33 bits per heavy atom. The second-order valence-corrected chi connectivity index (χ2v) is 3.24. The zero-order chi connectivity index (χ0) is 9.35. The van der Waals surface area contributed by atoms with Gasteiger partial charge in [-0.25, -0.2) is 0 Å². The summed E-state index contributed by atoms with van der Waals surface area (Å²) in [4.78, 5) is 25.3. The van der Waals surface area contributed by atoms with Crippen molar-refractivity contribution in [3.63, 3.8) is 0 Å². The Morgan fingerprint density at radius 2 is 1.92 bits per heavy atom. The van der Waals surface area contributed by atoms with E-state index < -0.39 is 17.1 Å². The van der Waals surface area contributed by atoms with Crippen molar-refractivity contribution in [1.29, 1.82) is 0 Å². The first kappa shape index (κ1) is 8.80. The van der Waals surface area contributed by atoms with Crippen LogP contribution in [0.1, 0.15) is 13.8 Å². The zero-order valence-electron chi connectivity index (χ0n) is 7.00. The lowest BCUT2D eigenvalue weighted by Gasteiger charge is -2.19. The second kappa shape index (κ2) is 2.64. The molecule has 0 aliphatic carbocycles. The van der Waals surface area contributed by atoms with Crippen molar-refractivity contribution >= 4 is 17.8 Å². The number of Topliss-reactive ketones (excluding diaryl/α,β-unsaturated/α-hetero) is 1. The summed E-state index contributed by atoms with van der Waals surface area (Å²) in [6, 6.07) is 0. The average molecular weight is 166 g/mol. The summed E-state index contributed by atoms with van der Waals surface area (Å²) < 4.78 is 0. The fourth-order valence-corrected chi connectivity index (χ4v) is 0.777. The number of allylic oxidation sites excluding steroid dienone is 1. The Hall–Kier alpha value is -1.29. The third-order valence-corrected chi connectivity index (χ3v) is 1.49. The van der Waals surface area contributed by atoms with Gasteiger partial charge < -0.3 is 5.73 Å². The SMILES string of the molecule is CC(C)(N)C1=CC(=O)C(=O)C=N1. The highest BCUT2D eigenvalue weighted by atomic mass is 16.2. The minimum atomic E-state index is -0.674. The predicted octanol–water partition coefficient (Wildman–Crippen LogP) is -0.170. The minimum Gasteiger partial charge on any atom is -0.321 e. The number of nitrogens with zero attached hydrogens (tertiary/aromatic N) is 1. The summed E-state index contributed by atoms with van der Waals surface area (Å²) in [6.07, 6.45) is 2.19. The van der Waals surface area contributed by atoms with Gasteiger partial charge in [0.25, 0.3) is 0 Å². The third kappa shape index (κ3) is 1.65. The van der Waals surface area contributed by atoms with E-state index in [2.05, 4.69) is 4.99 Å². The Morgan fingerprint density at radius 3 is 2.33 bits per heavy atom. The maximum atomic E-state index is 10.9. The van der Waals surface area contributed by atoms with Crippen LogP contribution in [0.15, 0.2) is 16.8 Å². The molecule has 0 bridgehead atoms. The molecule has 0 unspecified atom stereocenters. The van der Waals surface area contributed by atoms with Crippen LogP contribution in [-0.2, 0) is 9.59 Å². The summed E-state index contributed by atoms with van der Waals surface area (Å²) in [6.45, 7) is 3.44. The van der Waals surface area contributed by atoms with Gasteiger partial charge in [0.1, 0.15) is 0 Å². The molecular formula is C8H10N2O2. The molecule has 0 fully saturated rings. The number of hydrogen-bond acceptors (Lipinski definition) is 4. The van der Waals surface area contributed by atoms with Gasteiger partial charge in [-0.15, -0.1) is 0 Å². The Bertz CT molecular complexity index is 295. The van der Waals surface area contributed by atoms with Gasteiger partial charge in [0.05, 0.1) is 17.5 Å². The Labute approximate surface area is 70.2 Å². The highest BCUT2D eigenvalue weighted by Crippen LogP contribution is 2.15.